The van der Waals surface area contributed by atoms with E-state index < -0.39 is 9.84 Å². The van der Waals surface area contributed by atoms with E-state index in [0.29, 0.717) is 0 Å². The van der Waals surface area contributed by atoms with Gasteiger partial charge in [0, 0.05) is 38.5 Å². The van der Waals surface area contributed by atoms with Gasteiger partial charge in [0.25, 0.3) is 0 Å². The average Bonchev–Trinajstić information content (AvgIpc) is 2.91. The van der Waals surface area contributed by atoms with E-state index in [1.165, 1.54) is 6.26 Å². The van der Waals surface area contributed by atoms with Crippen molar-refractivity contribution < 1.29 is 12.9 Å². The van der Waals surface area contributed by atoms with Crippen molar-refractivity contribution >= 4 is 9.84 Å². The minimum absolute atomic E-state index is 0.126. The molecule has 3 rings (SSSR count). The molecule has 20 heavy (non-hydrogen) atoms. The number of hydrogen-bond donors (Lipinski definition) is 1. The molecule has 7 heteroatoms. The van der Waals surface area contributed by atoms with Crippen molar-refractivity contribution in [2.45, 2.75) is 18.4 Å². The minimum atomic E-state index is -2.91. The zero-order valence-electron chi connectivity index (χ0n) is 11.7. The second-order valence-corrected chi connectivity index (χ2v) is 8.22. The molecule has 2 saturated heterocycles. The van der Waals surface area contributed by atoms with Gasteiger partial charge in [0.05, 0.1) is 11.3 Å². The smallest absolute Gasteiger partial charge is 0.147 e. The van der Waals surface area contributed by atoms with Crippen LogP contribution in [0.25, 0.3) is 0 Å². The lowest BCUT2D eigenvalue weighted by molar-refractivity contribution is -0.00431. The van der Waals surface area contributed by atoms with Crippen molar-refractivity contribution in [1.29, 1.82) is 0 Å². The Morgan fingerprint density at radius 1 is 1.60 bits per heavy atom. The van der Waals surface area contributed by atoms with Crippen LogP contribution >= 0.6 is 0 Å². The fraction of sp³-hybridized carbons (Fsp3) is 0.769. The Kier molecular flexibility index (Phi) is 3.60. The Morgan fingerprint density at radius 2 is 2.45 bits per heavy atom. The van der Waals surface area contributed by atoms with Gasteiger partial charge in [-0.25, -0.2) is 8.42 Å². The molecule has 2 unspecified atom stereocenters. The molecule has 2 aliphatic heterocycles. The summed E-state index contributed by atoms with van der Waals surface area (Å²) in [6.07, 6.45) is 4.77. The Bertz CT molecular complexity index is 557. The van der Waals surface area contributed by atoms with Crippen LogP contribution in [0.5, 0.6) is 0 Å². The first-order valence-corrected chi connectivity index (χ1v) is 9.10. The van der Waals surface area contributed by atoms with E-state index in [-0.39, 0.29) is 17.2 Å². The quantitative estimate of drug-likeness (QED) is 0.861. The van der Waals surface area contributed by atoms with Crippen LogP contribution in [0.1, 0.15) is 18.5 Å². The first kappa shape index (κ1) is 14.0. The van der Waals surface area contributed by atoms with E-state index in [2.05, 4.69) is 15.4 Å². The van der Waals surface area contributed by atoms with Crippen LogP contribution in [-0.2, 0) is 15.4 Å². The fourth-order valence-electron chi connectivity index (χ4n) is 3.59. The second-order valence-electron chi connectivity index (χ2n) is 6.04. The Hall–Kier alpha value is -0.920. The molecule has 0 aliphatic carbocycles. The maximum absolute atomic E-state index is 11.5. The molecular weight excluding hydrogens is 278 g/mol. The number of hydrogen-bond acceptors (Lipinski definition) is 6. The van der Waals surface area contributed by atoms with Crippen molar-refractivity contribution in [3.8, 4) is 0 Å². The highest BCUT2D eigenvalue weighted by atomic mass is 32.2. The van der Waals surface area contributed by atoms with Gasteiger partial charge in [0.1, 0.15) is 21.8 Å². The minimum Gasteiger partial charge on any atom is -0.364 e. The molecule has 112 valence electrons. The van der Waals surface area contributed by atoms with Crippen molar-refractivity contribution in [3.63, 3.8) is 0 Å². The first-order valence-electron chi connectivity index (χ1n) is 7.04. The molecule has 0 radical (unpaired) electrons. The highest BCUT2D eigenvalue weighted by Crippen LogP contribution is 2.39. The molecule has 1 aromatic rings. The summed E-state index contributed by atoms with van der Waals surface area (Å²) in [6.45, 7) is 3.53. The van der Waals surface area contributed by atoms with Crippen LogP contribution in [0, 0.1) is 5.92 Å². The maximum atomic E-state index is 11.5. The zero-order valence-corrected chi connectivity index (χ0v) is 12.5. The number of piperidine rings is 1. The van der Waals surface area contributed by atoms with Crippen molar-refractivity contribution in [1.82, 2.24) is 15.4 Å². The second kappa shape index (κ2) is 5.13. The van der Waals surface area contributed by atoms with Crippen LogP contribution in [0.4, 0.5) is 0 Å². The molecule has 0 bridgehead atoms. The van der Waals surface area contributed by atoms with E-state index in [1.807, 2.05) is 6.07 Å². The van der Waals surface area contributed by atoms with Crippen LogP contribution in [0.15, 0.2) is 16.9 Å². The Balaban J connectivity index is 1.82. The molecule has 2 aliphatic rings. The molecule has 2 atom stereocenters. The fourth-order valence-corrected chi connectivity index (χ4v) is 4.72. The van der Waals surface area contributed by atoms with Crippen LogP contribution in [0.3, 0.4) is 0 Å². The number of nitrogens with one attached hydrogen (secondary N) is 1. The summed E-state index contributed by atoms with van der Waals surface area (Å²) in [6, 6.07) is 1.93. The molecule has 1 aromatic heterocycles. The lowest BCUT2D eigenvalue weighted by Gasteiger charge is -2.51. The third kappa shape index (κ3) is 2.62. The Labute approximate surface area is 119 Å². The summed E-state index contributed by atoms with van der Waals surface area (Å²) >= 11 is 0. The van der Waals surface area contributed by atoms with E-state index >= 15 is 0 Å². The van der Waals surface area contributed by atoms with Gasteiger partial charge in [-0.05, 0) is 18.8 Å². The maximum Gasteiger partial charge on any atom is 0.147 e. The summed E-state index contributed by atoms with van der Waals surface area (Å²) in [5.41, 5.74) is 0.835. The van der Waals surface area contributed by atoms with E-state index in [9.17, 15) is 8.42 Å². The van der Waals surface area contributed by atoms with Gasteiger partial charge in [-0.3, -0.25) is 4.90 Å². The van der Waals surface area contributed by atoms with Crippen LogP contribution in [0.2, 0.25) is 0 Å². The number of rotatable bonds is 3. The standard InChI is InChI=1S/C13H21N3O3S/c1-20(17,18)9-11-2-4-13(12-3-7-19-15-12)10-14-5-6-16(13)8-11/h3,7,11,14H,2,4-6,8-10H2,1H3. The van der Waals surface area contributed by atoms with E-state index in [0.717, 1.165) is 44.7 Å². The van der Waals surface area contributed by atoms with Gasteiger partial charge >= 0.3 is 0 Å². The summed E-state index contributed by atoms with van der Waals surface area (Å²) in [7, 11) is -2.91. The predicted octanol–water partition coefficient (Wildman–Crippen LogP) is 0.230. The van der Waals surface area contributed by atoms with Crippen LogP contribution < -0.4 is 5.32 Å². The molecule has 2 fully saturated rings. The summed E-state index contributed by atoms with van der Waals surface area (Å²) < 4.78 is 28.0. The van der Waals surface area contributed by atoms with Crippen molar-refractivity contribution in [3.05, 3.63) is 18.0 Å². The lowest BCUT2D eigenvalue weighted by atomic mass is 9.79. The molecule has 6 nitrogen and oxygen atoms in total. The van der Waals surface area contributed by atoms with Crippen LogP contribution in [-0.4, -0.2) is 56.7 Å². The average molecular weight is 299 g/mol. The van der Waals surface area contributed by atoms with Gasteiger partial charge in [0.15, 0.2) is 0 Å². The monoisotopic (exact) mass is 299 g/mol. The van der Waals surface area contributed by atoms with Gasteiger partial charge in [-0.2, -0.15) is 0 Å². The summed E-state index contributed by atoms with van der Waals surface area (Å²) in [5, 5.41) is 7.57. The summed E-state index contributed by atoms with van der Waals surface area (Å²) in [4.78, 5) is 2.39. The largest absolute Gasteiger partial charge is 0.364 e. The van der Waals surface area contributed by atoms with Crippen molar-refractivity contribution in [2.24, 2.45) is 5.92 Å². The molecule has 0 saturated carbocycles. The first-order chi connectivity index (χ1) is 9.50. The lowest BCUT2D eigenvalue weighted by Crippen LogP contribution is -2.62. The van der Waals surface area contributed by atoms with Gasteiger partial charge in [-0.1, -0.05) is 5.16 Å². The number of nitrogens with zero attached hydrogens (tertiary/aromatic N) is 2. The topological polar surface area (TPSA) is 75.4 Å². The van der Waals surface area contributed by atoms with E-state index in [1.54, 1.807) is 6.26 Å². The highest BCUT2D eigenvalue weighted by molar-refractivity contribution is 7.90. The predicted molar refractivity (Wildman–Crippen MR) is 75.1 cm³/mol. The van der Waals surface area contributed by atoms with E-state index in [4.69, 9.17) is 4.52 Å². The molecular formula is C13H21N3O3S. The van der Waals surface area contributed by atoms with Gasteiger partial charge in [-0.15, -0.1) is 0 Å². The molecule has 1 N–H and O–H groups in total. The molecule has 0 amide bonds. The Morgan fingerprint density at radius 3 is 3.15 bits per heavy atom. The van der Waals surface area contributed by atoms with Gasteiger partial charge in [0.2, 0.25) is 0 Å². The van der Waals surface area contributed by atoms with Crippen molar-refractivity contribution in [2.75, 3.05) is 38.2 Å². The summed E-state index contributed by atoms with van der Waals surface area (Å²) in [5.74, 6) is 0.509. The highest BCUT2D eigenvalue weighted by Gasteiger charge is 2.46. The zero-order chi connectivity index (χ0) is 14.2. The molecule has 0 aromatic carbocycles. The third-order valence-electron chi connectivity index (χ3n) is 4.48. The number of piperazine rings is 1. The van der Waals surface area contributed by atoms with Gasteiger partial charge < -0.3 is 9.84 Å². The number of sulfone groups is 1. The third-order valence-corrected chi connectivity index (χ3v) is 5.56. The SMILES string of the molecule is CS(=O)(=O)CC1CCC2(c3ccon3)CNCCN2C1. The number of fused-ring (bicyclic) bond motifs is 1. The number of aromatic nitrogens is 1. The molecule has 0 spiro atoms. The molecule has 3 heterocycles. The normalized spacial score (nSPS) is 31.9.